The summed E-state index contributed by atoms with van der Waals surface area (Å²) >= 11 is 0. The summed E-state index contributed by atoms with van der Waals surface area (Å²) in [6.45, 7) is 6.76. The molecule has 218 valence electrons. The minimum Gasteiger partial charge on any atom is -0.494 e. The lowest BCUT2D eigenvalue weighted by Crippen LogP contribution is -2.38. The summed E-state index contributed by atoms with van der Waals surface area (Å²) < 4.78 is 37.9. The number of nitrogens with zero attached hydrogens (tertiary/aromatic N) is 2. The van der Waals surface area contributed by atoms with Crippen molar-refractivity contribution in [3.05, 3.63) is 78.6 Å². The summed E-state index contributed by atoms with van der Waals surface area (Å²) in [5.41, 5.74) is 1.60. The second-order valence-electron chi connectivity index (χ2n) is 10.4. The molecule has 0 N–H and O–H groups in total. The Morgan fingerprint density at radius 2 is 1.54 bits per heavy atom. The van der Waals surface area contributed by atoms with E-state index in [1.54, 1.807) is 12.1 Å². The monoisotopic (exact) mass is 562 g/mol. The van der Waals surface area contributed by atoms with Crippen LogP contribution in [0.3, 0.4) is 0 Å². The van der Waals surface area contributed by atoms with Crippen LogP contribution in [0.15, 0.2) is 72.8 Å². The number of carbonyl (C=O) groups excluding carboxylic acids is 1. The fourth-order valence-corrected chi connectivity index (χ4v) is 5.69. The minimum absolute atomic E-state index is 0.0134. The zero-order valence-electron chi connectivity index (χ0n) is 23.8. The quantitative estimate of drug-likeness (QED) is 0.256. The number of hydrogen-bond acceptors (Lipinski definition) is 7. The highest BCUT2D eigenvalue weighted by atomic mass is 19.1. The van der Waals surface area contributed by atoms with Crippen LogP contribution < -0.4 is 24.0 Å². The number of piperidine rings is 1. The Balaban J connectivity index is 1.19. The Bertz CT molecular complexity index is 1260. The molecule has 0 amide bonds. The maximum atomic E-state index is 14.5. The van der Waals surface area contributed by atoms with Crippen molar-refractivity contribution in [3.63, 3.8) is 0 Å². The molecule has 2 fully saturated rings. The van der Waals surface area contributed by atoms with E-state index < -0.39 is 0 Å². The smallest absolute Gasteiger partial charge is 0.307 e. The molecule has 2 aliphatic heterocycles. The van der Waals surface area contributed by atoms with Gasteiger partial charge in [0.15, 0.2) is 0 Å². The Labute approximate surface area is 241 Å². The number of para-hydroxylation sites is 1. The second-order valence-corrected chi connectivity index (χ2v) is 10.4. The molecule has 7 nitrogen and oxygen atoms in total. The molecule has 2 aliphatic rings. The van der Waals surface area contributed by atoms with E-state index in [-0.39, 0.29) is 30.0 Å². The number of rotatable bonds is 11. The van der Waals surface area contributed by atoms with Crippen LogP contribution in [0, 0.1) is 5.82 Å². The average molecular weight is 563 g/mol. The fraction of sp³-hybridized carbons (Fsp3) is 0.424. The molecule has 0 bridgehead atoms. The van der Waals surface area contributed by atoms with Gasteiger partial charge in [-0.1, -0.05) is 18.2 Å². The van der Waals surface area contributed by atoms with Crippen LogP contribution in [0.25, 0.3) is 0 Å². The first-order chi connectivity index (χ1) is 20.0. The molecular weight excluding hydrogens is 523 g/mol. The number of halogens is 1. The number of carbonyl (C=O) groups is 1. The average Bonchev–Trinajstić information content (AvgIpc) is 3.37. The maximum absolute atomic E-state index is 14.5. The van der Waals surface area contributed by atoms with E-state index in [4.69, 9.17) is 18.9 Å². The van der Waals surface area contributed by atoms with Gasteiger partial charge >= 0.3 is 5.97 Å². The van der Waals surface area contributed by atoms with Crippen LogP contribution >= 0.6 is 0 Å². The first-order valence-electron chi connectivity index (χ1n) is 14.6. The van der Waals surface area contributed by atoms with E-state index in [9.17, 15) is 9.18 Å². The van der Waals surface area contributed by atoms with E-state index >= 15 is 0 Å². The first kappa shape index (κ1) is 28.6. The third kappa shape index (κ3) is 7.43. The van der Waals surface area contributed by atoms with Gasteiger partial charge in [-0.3, -0.25) is 4.79 Å². The van der Waals surface area contributed by atoms with Crippen LogP contribution in [0.4, 0.5) is 15.8 Å². The molecule has 0 aliphatic carbocycles. The molecule has 0 spiro atoms. The summed E-state index contributed by atoms with van der Waals surface area (Å²) in [6, 6.07) is 22.7. The van der Waals surface area contributed by atoms with Gasteiger partial charge in [-0.25, -0.2) is 4.39 Å². The van der Waals surface area contributed by atoms with Crippen molar-refractivity contribution < 1.29 is 28.1 Å². The normalized spacial score (nSPS) is 19.2. The minimum atomic E-state index is -0.233. The van der Waals surface area contributed by atoms with Gasteiger partial charge in [-0.05, 0) is 62.4 Å². The summed E-state index contributed by atoms with van der Waals surface area (Å²) in [4.78, 5) is 16.6. The van der Waals surface area contributed by atoms with Crippen molar-refractivity contribution in [1.82, 2.24) is 0 Å². The predicted octanol–water partition coefficient (Wildman–Crippen LogP) is 6.25. The highest BCUT2D eigenvalue weighted by Gasteiger charge is 2.35. The van der Waals surface area contributed by atoms with E-state index in [1.165, 1.54) is 6.07 Å². The van der Waals surface area contributed by atoms with Crippen LogP contribution in [-0.4, -0.2) is 57.1 Å². The first-order valence-corrected chi connectivity index (χ1v) is 14.6. The van der Waals surface area contributed by atoms with Crippen LogP contribution in [-0.2, 0) is 9.53 Å². The molecule has 8 heteroatoms. The van der Waals surface area contributed by atoms with Gasteiger partial charge in [0.25, 0.3) is 0 Å². The third-order valence-electron chi connectivity index (χ3n) is 7.61. The lowest BCUT2D eigenvalue weighted by Gasteiger charge is -2.34. The molecule has 2 saturated heterocycles. The summed E-state index contributed by atoms with van der Waals surface area (Å²) in [5.74, 6) is 1.88. The lowest BCUT2D eigenvalue weighted by atomic mass is 10.1. The van der Waals surface area contributed by atoms with Gasteiger partial charge < -0.3 is 28.7 Å². The van der Waals surface area contributed by atoms with E-state index in [1.807, 2.05) is 68.4 Å². The van der Waals surface area contributed by atoms with Crippen LogP contribution in [0.2, 0.25) is 0 Å². The van der Waals surface area contributed by atoms with Gasteiger partial charge in [-0.15, -0.1) is 0 Å². The number of ether oxygens (including phenoxy) is 4. The maximum Gasteiger partial charge on any atom is 0.307 e. The molecule has 0 saturated carbocycles. The summed E-state index contributed by atoms with van der Waals surface area (Å²) in [5, 5.41) is 0. The topological polar surface area (TPSA) is 60.5 Å². The Morgan fingerprint density at radius 3 is 2.24 bits per heavy atom. The van der Waals surface area contributed by atoms with Gasteiger partial charge in [0, 0.05) is 50.1 Å². The Kier molecular flexibility index (Phi) is 9.49. The summed E-state index contributed by atoms with van der Waals surface area (Å²) in [7, 11) is 0. The van der Waals surface area contributed by atoms with Crippen molar-refractivity contribution in [2.45, 2.75) is 57.8 Å². The highest BCUT2D eigenvalue weighted by Crippen LogP contribution is 2.33. The number of benzene rings is 3. The third-order valence-corrected chi connectivity index (χ3v) is 7.61. The highest BCUT2D eigenvalue weighted by molar-refractivity contribution is 5.71. The van der Waals surface area contributed by atoms with E-state index in [0.717, 1.165) is 36.4 Å². The number of esters is 1. The van der Waals surface area contributed by atoms with Crippen molar-refractivity contribution in [1.29, 1.82) is 0 Å². The van der Waals surface area contributed by atoms with Crippen molar-refractivity contribution in [2.24, 2.45) is 0 Å². The number of anilines is 2. The van der Waals surface area contributed by atoms with Gasteiger partial charge in [0.1, 0.15) is 35.3 Å². The molecule has 41 heavy (non-hydrogen) atoms. The molecule has 0 aromatic heterocycles. The molecular formula is C33H39FN2O5. The zero-order valence-corrected chi connectivity index (χ0v) is 23.8. The van der Waals surface area contributed by atoms with E-state index in [2.05, 4.69) is 9.80 Å². The molecule has 5 rings (SSSR count). The lowest BCUT2D eigenvalue weighted by molar-refractivity contribution is -0.143. The van der Waals surface area contributed by atoms with Gasteiger partial charge in [0.2, 0.25) is 0 Å². The van der Waals surface area contributed by atoms with Crippen LogP contribution in [0.5, 0.6) is 17.2 Å². The molecule has 2 heterocycles. The van der Waals surface area contributed by atoms with E-state index in [0.29, 0.717) is 50.7 Å². The van der Waals surface area contributed by atoms with Gasteiger partial charge in [0.05, 0.1) is 31.9 Å². The molecule has 0 radical (unpaired) electrons. The second kappa shape index (κ2) is 13.6. The predicted molar refractivity (Wildman–Crippen MR) is 158 cm³/mol. The fourth-order valence-electron chi connectivity index (χ4n) is 5.69. The largest absolute Gasteiger partial charge is 0.494 e. The Morgan fingerprint density at radius 1 is 0.854 bits per heavy atom. The van der Waals surface area contributed by atoms with Crippen molar-refractivity contribution in [2.75, 3.05) is 42.6 Å². The zero-order chi connectivity index (χ0) is 28.6. The molecule has 2 atom stereocenters. The standard InChI is InChI=1S/C33H39FN2O5/c1-3-38-29-14-15-31(34)32(22-29)35-18-16-28(17-19-35)40-27-12-10-24(11-13-27)36-23-30(41-26-8-6-5-7-9-26)20-25(36)21-33(37)39-4-2/h5-15,22,25,28,30H,3-4,16-21,23H2,1-2H3/t25-,30-/m1/s1. The number of hydrogen-bond donors (Lipinski definition) is 0. The molecule has 3 aromatic carbocycles. The summed E-state index contributed by atoms with van der Waals surface area (Å²) in [6.07, 6.45) is 2.67. The van der Waals surface area contributed by atoms with Crippen molar-refractivity contribution >= 4 is 17.3 Å². The van der Waals surface area contributed by atoms with Gasteiger partial charge in [-0.2, -0.15) is 0 Å². The van der Waals surface area contributed by atoms with Crippen molar-refractivity contribution in [3.8, 4) is 17.2 Å². The Hall–Kier alpha value is -3.94. The van der Waals surface area contributed by atoms with Crippen LogP contribution in [0.1, 0.15) is 39.5 Å². The molecule has 0 unspecified atom stereocenters. The SMILES string of the molecule is CCOC(=O)C[C@H]1C[C@@H](Oc2ccccc2)CN1c1ccc(OC2CCN(c3cc(OCC)ccc3F)CC2)cc1. The molecule has 3 aromatic rings.